The van der Waals surface area contributed by atoms with Gasteiger partial charge in [-0.1, -0.05) is 0 Å². The van der Waals surface area contributed by atoms with Gasteiger partial charge in [0.2, 0.25) is 0 Å². The van der Waals surface area contributed by atoms with Gasteiger partial charge in [0, 0.05) is 0 Å². The monoisotopic (exact) mass is 206 g/mol. The third kappa shape index (κ3) is 1.41. The fourth-order valence-corrected chi connectivity index (χ4v) is 1.46. The van der Waals surface area contributed by atoms with Gasteiger partial charge in [0.05, 0.1) is 26.1 Å². The first-order valence-corrected chi connectivity index (χ1v) is 4.36. The number of rotatable bonds is 2. The second kappa shape index (κ2) is 3.61. The molecule has 0 aliphatic carbocycles. The molecule has 1 aromatic carbocycles. The van der Waals surface area contributed by atoms with Crippen molar-refractivity contribution < 1.29 is 14.3 Å². The predicted molar refractivity (Wildman–Crippen MR) is 54.0 cm³/mol. The van der Waals surface area contributed by atoms with Crippen molar-refractivity contribution in [2.75, 3.05) is 14.2 Å². The Kier molecular flexibility index (Phi) is 2.29. The van der Waals surface area contributed by atoms with Gasteiger partial charge in [-0.2, -0.15) is 0 Å². The highest BCUT2D eigenvalue weighted by Crippen LogP contribution is 2.26. The molecule has 1 N–H and O–H groups in total. The molecule has 0 saturated heterocycles. The summed E-state index contributed by atoms with van der Waals surface area (Å²) in [6.45, 7) is 0. The first-order chi connectivity index (χ1) is 7.27. The number of nitrogens with one attached hydrogen (secondary N) is 1. The number of hydrogen-bond acceptors (Lipinski definition) is 4. The van der Waals surface area contributed by atoms with E-state index in [1.165, 1.54) is 20.5 Å². The topological polar surface area (TPSA) is 64.2 Å². The average molecular weight is 206 g/mol. The first kappa shape index (κ1) is 9.51. The molecule has 0 fully saturated rings. The van der Waals surface area contributed by atoms with E-state index in [4.69, 9.17) is 4.74 Å². The Bertz CT molecular complexity index is 504. The molecule has 1 aromatic heterocycles. The number of aromatic nitrogens is 2. The molecular formula is C10H10N2O3. The van der Waals surface area contributed by atoms with Gasteiger partial charge < -0.3 is 14.5 Å². The Hall–Kier alpha value is -2.04. The summed E-state index contributed by atoms with van der Waals surface area (Å²) in [6.07, 6.45) is 1.52. The number of carbonyl (C=O) groups is 1. The number of imidazole rings is 1. The first-order valence-electron chi connectivity index (χ1n) is 4.36. The van der Waals surface area contributed by atoms with Crippen LogP contribution in [0.2, 0.25) is 0 Å². The molecule has 0 bridgehead atoms. The molecule has 0 saturated carbocycles. The van der Waals surface area contributed by atoms with Gasteiger partial charge in [-0.05, 0) is 12.1 Å². The number of esters is 1. The molecule has 5 nitrogen and oxygen atoms in total. The normalized spacial score (nSPS) is 10.3. The van der Waals surface area contributed by atoms with Crippen molar-refractivity contribution in [3.8, 4) is 5.75 Å². The van der Waals surface area contributed by atoms with Crippen LogP contribution in [0.5, 0.6) is 5.75 Å². The molecule has 0 unspecified atom stereocenters. The summed E-state index contributed by atoms with van der Waals surface area (Å²) in [5, 5.41) is 0. The van der Waals surface area contributed by atoms with Gasteiger partial charge in [-0.3, -0.25) is 0 Å². The Balaban J connectivity index is 2.74. The van der Waals surface area contributed by atoms with Crippen molar-refractivity contribution >= 4 is 17.0 Å². The fourth-order valence-electron chi connectivity index (χ4n) is 1.46. The summed E-state index contributed by atoms with van der Waals surface area (Å²) in [6, 6.07) is 3.50. The van der Waals surface area contributed by atoms with E-state index in [1.807, 2.05) is 0 Å². The van der Waals surface area contributed by atoms with Crippen LogP contribution in [-0.2, 0) is 4.74 Å². The standard InChI is InChI=1S/C10H10N2O3/c1-14-7-4-3-6-9(12-5-11-6)8(7)10(13)15-2/h3-5H,1-2H3,(H,11,12). The van der Waals surface area contributed by atoms with Crippen LogP contribution in [0.4, 0.5) is 0 Å². The van der Waals surface area contributed by atoms with E-state index in [-0.39, 0.29) is 0 Å². The molecule has 0 amide bonds. The number of fused-ring (bicyclic) bond motifs is 1. The number of nitrogens with zero attached hydrogens (tertiary/aromatic N) is 1. The minimum atomic E-state index is -0.454. The zero-order valence-corrected chi connectivity index (χ0v) is 8.40. The van der Waals surface area contributed by atoms with Crippen LogP contribution in [0.1, 0.15) is 10.4 Å². The summed E-state index contributed by atoms with van der Waals surface area (Å²) in [5.74, 6) is 0.00556. The number of benzene rings is 1. The van der Waals surface area contributed by atoms with Gasteiger partial charge in [-0.25, -0.2) is 9.78 Å². The molecule has 0 spiro atoms. The van der Waals surface area contributed by atoms with Crippen LogP contribution in [0.3, 0.4) is 0 Å². The van der Waals surface area contributed by atoms with E-state index in [0.717, 1.165) is 5.52 Å². The second-order valence-electron chi connectivity index (χ2n) is 2.93. The maximum absolute atomic E-state index is 11.5. The Morgan fingerprint density at radius 3 is 2.87 bits per heavy atom. The third-order valence-corrected chi connectivity index (χ3v) is 2.16. The number of carbonyl (C=O) groups excluding carboxylic acids is 1. The van der Waals surface area contributed by atoms with E-state index in [2.05, 4.69) is 14.7 Å². The zero-order valence-electron chi connectivity index (χ0n) is 8.40. The van der Waals surface area contributed by atoms with E-state index < -0.39 is 5.97 Å². The van der Waals surface area contributed by atoms with E-state index >= 15 is 0 Å². The second-order valence-corrected chi connectivity index (χ2v) is 2.93. The zero-order chi connectivity index (χ0) is 10.8. The molecule has 5 heteroatoms. The largest absolute Gasteiger partial charge is 0.496 e. The molecular weight excluding hydrogens is 196 g/mol. The number of H-pyrrole nitrogens is 1. The van der Waals surface area contributed by atoms with E-state index in [0.29, 0.717) is 16.8 Å². The summed E-state index contributed by atoms with van der Waals surface area (Å²) < 4.78 is 9.77. The van der Waals surface area contributed by atoms with Crippen molar-refractivity contribution in [3.63, 3.8) is 0 Å². The third-order valence-electron chi connectivity index (χ3n) is 2.16. The van der Waals surface area contributed by atoms with Crippen molar-refractivity contribution in [1.29, 1.82) is 0 Å². The lowest BCUT2D eigenvalue weighted by Gasteiger charge is -2.06. The fraction of sp³-hybridized carbons (Fsp3) is 0.200. The molecule has 2 aromatic rings. The lowest BCUT2D eigenvalue weighted by molar-refractivity contribution is 0.0599. The van der Waals surface area contributed by atoms with Crippen molar-refractivity contribution in [2.45, 2.75) is 0 Å². The predicted octanol–water partition coefficient (Wildman–Crippen LogP) is 1.36. The Morgan fingerprint density at radius 2 is 2.20 bits per heavy atom. The number of methoxy groups -OCH3 is 2. The van der Waals surface area contributed by atoms with Crippen molar-refractivity contribution in [3.05, 3.63) is 24.0 Å². The molecule has 0 aliphatic heterocycles. The minimum absolute atomic E-state index is 0.346. The Morgan fingerprint density at radius 1 is 1.40 bits per heavy atom. The highest BCUT2D eigenvalue weighted by atomic mass is 16.5. The summed E-state index contributed by atoms with van der Waals surface area (Å²) in [4.78, 5) is 18.5. The number of ether oxygens (including phenoxy) is 2. The summed E-state index contributed by atoms with van der Waals surface area (Å²) >= 11 is 0. The minimum Gasteiger partial charge on any atom is -0.496 e. The molecule has 1 heterocycles. The number of hydrogen-bond donors (Lipinski definition) is 1. The van der Waals surface area contributed by atoms with Crippen LogP contribution < -0.4 is 4.74 Å². The van der Waals surface area contributed by atoms with Gasteiger partial charge in [0.15, 0.2) is 0 Å². The lowest BCUT2D eigenvalue weighted by Crippen LogP contribution is -2.05. The maximum Gasteiger partial charge on any atom is 0.343 e. The Labute approximate surface area is 86.0 Å². The average Bonchev–Trinajstić information content (AvgIpc) is 2.74. The molecule has 0 radical (unpaired) electrons. The van der Waals surface area contributed by atoms with Gasteiger partial charge >= 0.3 is 5.97 Å². The SMILES string of the molecule is COC(=O)c1c(OC)ccc2[nH]cnc12. The molecule has 0 atom stereocenters. The summed E-state index contributed by atoms with van der Waals surface area (Å²) in [7, 11) is 2.83. The molecule has 15 heavy (non-hydrogen) atoms. The molecule has 0 aliphatic rings. The molecule has 78 valence electrons. The summed E-state index contributed by atoms with van der Waals surface area (Å²) in [5.41, 5.74) is 1.68. The van der Waals surface area contributed by atoms with Crippen LogP contribution in [0, 0.1) is 0 Å². The maximum atomic E-state index is 11.5. The number of aromatic amines is 1. The van der Waals surface area contributed by atoms with Crippen LogP contribution in [0.15, 0.2) is 18.5 Å². The van der Waals surface area contributed by atoms with E-state index in [9.17, 15) is 4.79 Å². The highest BCUT2D eigenvalue weighted by Gasteiger charge is 2.18. The van der Waals surface area contributed by atoms with E-state index in [1.54, 1.807) is 12.1 Å². The van der Waals surface area contributed by atoms with Gasteiger partial charge in [0.1, 0.15) is 16.8 Å². The molecule has 2 rings (SSSR count). The quantitative estimate of drug-likeness (QED) is 0.753. The van der Waals surface area contributed by atoms with Crippen LogP contribution >= 0.6 is 0 Å². The van der Waals surface area contributed by atoms with Gasteiger partial charge in [0.25, 0.3) is 0 Å². The smallest absolute Gasteiger partial charge is 0.343 e. The van der Waals surface area contributed by atoms with Crippen molar-refractivity contribution in [1.82, 2.24) is 9.97 Å². The lowest BCUT2D eigenvalue weighted by atomic mass is 10.1. The van der Waals surface area contributed by atoms with Gasteiger partial charge in [-0.15, -0.1) is 0 Å². The van der Waals surface area contributed by atoms with Crippen LogP contribution in [0.25, 0.3) is 11.0 Å². The van der Waals surface area contributed by atoms with Crippen LogP contribution in [-0.4, -0.2) is 30.2 Å². The highest BCUT2D eigenvalue weighted by molar-refractivity contribution is 6.04. The van der Waals surface area contributed by atoms with Crippen molar-refractivity contribution in [2.24, 2.45) is 0 Å².